The van der Waals surface area contributed by atoms with Crippen LogP contribution in [0.3, 0.4) is 0 Å². The molecule has 156 valence electrons. The van der Waals surface area contributed by atoms with Crippen LogP contribution in [0.25, 0.3) is 0 Å². The zero-order valence-electron chi connectivity index (χ0n) is 16.1. The van der Waals surface area contributed by atoms with Gasteiger partial charge in [0.15, 0.2) is 0 Å². The van der Waals surface area contributed by atoms with Gasteiger partial charge in [0.05, 0.1) is 25.5 Å². The maximum atomic E-state index is 12.3. The lowest BCUT2D eigenvalue weighted by Crippen LogP contribution is -2.32. The molecular weight excluding hydrogens is 410 g/mol. The minimum absolute atomic E-state index is 0.0595. The number of methoxy groups -OCH3 is 1. The molecule has 4 rings (SSSR count). The first-order chi connectivity index (χ1) is 14.5. The normalized spacial score (nSPS) is 13.5. The first-order valence-electron chi connectivity index (χ1n) is 9.35. The molecule has 0 spiro atoms. The van der Waals surface area contributed by atoms with Crippen molar-refractivity contribution in [3.05, 3.63) is 66.6 Å². The third-order valence-corrected chi connectivity index (χ3v) is 6.15. The Morgan fingerprint density at radius 3 is 2.93 bits per heavy atom. The fourth-order valence-corrected chi connectivity index (χ4v) is 4.70. The number of aromatic amines is 1. The van der Waals surface area contributed by atoms with E-state index in [0.29, 0.717) is 16.3 Å². The summed E-state index contributed by atoms with van der Waals surface area (Å²) in [4.78, 5) is 44.3. The first-order valence-corrected chi connectivity index (χ1v) is 10.2. The summed E-state index contributed by atoms with van der Waals surface area (Å²) in [6.07, 6.45) is 6.25. The molecule has 0 fully saturated rings. The smallest absolute Gasteiger partial charge is 0.341 e. The maximum absolute atomic E-state index is 12.3. The second-order valence-electron chi connectivity index (χ2n) is 6.80. The van der Waals surface area contributed by atoms with Gasteiger partial charge in [-0.25, -0.2) is 14.6 Å². The number of hydrogen-bond acceptors (Lipinski definition) is 8. The number of fused-ring (bicyclic) bond motifs is 1. The fourth-order valence-electron chi connectivity index (χ4n) is 3.47. The number of aryl methyl sites for hydroxylation is 1. The molecule has 3 aromatic heterocycles. The van der Waals surface area contributed by atoms with Crippen LogP contribution in [-0.4, -0.2) is 34.0 Å². The van der Waals surface area contributed by atoms with E-state index < -0.39 is 23.1 Å². The highest BCUT2D eigenvalue weighted by atomic mass is 32.1. The van der Waals surface area contributed by atoms with Crippen molar-refractivity contribution in [3.63, 3.8) is 0 Å². The highest BCUT2D eigenvalue weighted by Crippen LogP contribution is 2.40. The number of nitrogens with one attached hydrogen (secondary N) is 1. The summed E-state index contributed by atoms with van der Waals surface area (Å²) in [7, 11) is 1.31. The van der Waals surface area contributed by atoms with Gasteiger partial charge in [-0.2, -0.15) is 0 Å². The quantitative estimate of drug-likeness (QED) is 0.474. The Morgan fingerprint density at radius 2 is 2.20 bits per heavy atom. The molecule has 0 aliphatic heterocycles. The molecule has 0 saturated heterocycles. The van der Waals surface area contributed by atoms with Crippen molar-refractivity contribution in [3.8, 4) is 5.88 Å². The number of thiophene rings is 1. The van der Waals surface area contributed by atoms with Crippen LogP contribution in [-0.2, 0) is 24.1 Å². The molecule has 0 unspecified atom stereocenters. The third-order valence-electron chi connectivity index (χ3n) is 4.95. The van der Waals surface area contributed by atoms with Gasteiger partial charge in [0, 0.05) is 11.1 Å². The van der Waals surface area contributed by atoms with Gasteiger partial charge in [0.1, 0.15) is 16.3 Å². The number of esters is 1. The number of hydrogen-bond donors (Lipinski definition) is 2. The number of H-pyrrole nitrogens is 1. The van der Waals surface area contributed by atoms with Gasteiger partial charge in [0.25, 0.3) is 5.56 Å². The SMILES string of the molecule is COC(=O)c1c(/N=C/c2c(O)n(Cc3ccco3)c(=O)[nH]c2=O)sc2c1CCCC2. The molecule has 0 radical (unpaired) electrons. The van der Waals surface area contributed by atoms with E-state index in [1.807, 2.05) is 0 Å². The van der Waals surface area contributed by atoms with Crippen molar-refractivity contribution in [2.45, 2.75) is 32.2 Å². The fraction of sp³-hybridized carbons (Fsp3) is 0.300. The number of aliphatic imine (C=N–C) groups is 1. The third kappa shape index (κ3) is 3.61. The molecule has 9 nitrogen and oxygen atoms in total. The highest BCUT2D eigenvalue weighted by Gasteiger charge is 2.26. The summed E-state index contributed by atoms with van der Waals surface area (Å²) in [6.45, 7) is -0.0595. The molecule has 0 saturated carbocycles. The van der Waals surface area contributed by atoms with E-state index in [0.717, 1.165) is 46.9 Å². The molecule has 30 heavy (non-hydrogen) atoms. The van der Waals surface area contributed by atoms with Crippen LogP contribution in [0, 0.1) is 0 Å². The van der Waals surface area contributed by atoms with Gasteiger partial charge in [0.2, 0.25) is 5.88 Å². The van der Waals surface area contributed by atoms with Crippen molar-refractivity contribution < 1.29 is 19.1 Å². The lowest BCUT2D eigenvalue weighted by molar-refractivity contribution is 0.0601. The van der Waals surface area contributed by atoms with E-state index in [2.05, 4.69) is 9.98 Å². The second-order valence-corrected chi connectivity index (χ2v) is 7.89. The summed E-state index contributed by atoms with van der Waals surface area (Å²) in [5.74, 6) is -0.589. The monoisotopic (exact) mass is 429 g/mol. The predicted octanol–water partition coefficient (Wildman–Crippen LogP) is 2.36. The summed E-state index contributed by atoms with van der Waals surface area (Å²) < 4.78 is 11.1. The van der Waals surface area contributed by atoms with Crippen molar-refractivity contribution in [1.29, 1.82) is 0 Å². The van der Waals surface area contributed by atoms with Crippen LogP contribution < -0.4 is 11.2 Å². The molecule has 3 aromatic rings. The Labute approximate surface area is 174 Å². The molecule has 1 aliphatic carbocycles. The van der Waals surface area contributed by atoms with Gasteiger partial charge in [-0.15, -0.1) is 11.3 Å². The standard InChI is InChI=1S/C20H19N3O6S/c1-28-19(26)15-12-6-2-3-7-14(12)30-17(15)21-9-13-16(24)22-20(27)23(18(13)25)10-11-5-4-8-29-11/h4-5,8-9,25H,2-3,6-7,10H2,1H3,(H,22,24,27)/b21-9+. The lowest BCUT2D eigenvalue weighted by Gasteiger charge is -2.11. The Balaban J connectivity index is 1.76. The Kier molecular flexibility index (Phi) is 5.40. The highest BCUT2D eigenvalue weighted by molar-refractivity contribution is 7.16. The van der Waals surface area contributed by atoms with Crippen molar-refractivity contribution >= 4 is 28.5 Å². The number of rotatable bonds is 5. The molecule has 10 heteroatoms. The molecule has 1 aliphatic rings. The largest absolute Gasteiger partial charge is 0.494 e. The zero-order chi connectivity index (χ0) is 21.3. The minimum Gasteiger partial charge on any atom is -0.494 e. The van der Waals surface area contributed by atoms with Crippen LogP contribution in [0.2, 0.25) is 0 Å². The van der Waals surface area contributed by atoms with Crippen LogP contribution in [0.5, 0.6) is 5.88 Å². The molecule has 2 N–H and O–H groups in total. The lowest BCUT2D eigenvalue weighted by atomic mass is 9.95. The van der Waals surface area contributed by atoms with E-state index >= 15 is 0 Å². The Bertz CT molecular complexity index is 1230. The first kappa shape index (κ1) is 19.9. The van der Waals surface area contributed by atoms with E-state index in [-0.39, 0.29) is 12.1 Å². The molecule has 0 bridgehead atoms. The molecule has 0 amide bonds. The number of aromatic hydroxyl groups is 1. The average Bonchev–Trinajstić information content (AvgIpc) is 3.37. The van der Waals surface area contributed by atoms with E-state index in [4.69, 9.17) is 9.15 Å². The number of furan rings is 1. The van der Waals surface area contributed by atoms with Gasteiger partial charge in [-0.1, -0.05) is 0 Å². The van der Waals surface area contributed by atoms with Gasteiger partial charge in [-0.3, -0.25) is 14.3 Å². The Morgan fingerprint density at radius 1 is 1.40 bits per heavy atom. The van der Waals surface area contributed by atoms with Crippen molar-refractivity contribution in [2.75, 3.05) is 7.11 Å². The van der Waals surface area contributed by atoms with Gasteiger partial charge >= 0.3 is 11.7 Å². The minimum atomic E-state index is -0.780. The van der Waals surface area contributed by atoms with Crippen LogP contribution >= 0.6 is 11.3 Å². The summed E-state index contributed by atoms with van der Waals surface area (Å²) in [6, 6.07) is 3.29. The van der Waals surface area contributed by atoms with E-state index in [1.165, 1.54) is 24.7 Å². The maximum Gasteiger partial charge on any atom is 0.341 e. The van der Waals surface area contributed by atoms with E-state index in [9.17, 15) is 19.5 Å². The average molecular weight is 429 g/mol. The topological polar surface area (TPSA) is 127 Å². The van der Waals surface area contributed by atoms with Crippen molar-refractivity contribution in [2.24, 2.45) is 4.99 Å². The number of ether oxygens (including phenoxy) is 1. The molecule has 3 heterocycles. The number of carbonyl (C=O) groups excluding carboxylic acids is 1. The van der Waals surface area contributed by atoms with Crippen molar-refractivity contribution in [1.82, 2.24) is 9.55 Å². The van der Waals surface area contributed by atoms with Gasteiger partial charge in [-0.05, 0) is 43.4 Å². The van der Waals surface area contributed by atoms with Crippen LogP contribution in [0.1, 0.15) is 45.0 Å². The number of carbonyl (C=O) groups is 1. The summed E-state index contributed by atoms with van der Waals surface area (Å²) in [5, 5.41) is 10.9. The molecule has 0 atom stereocenters. The predicted molar refractivity (Wildman–Crippen MR) is 110 cm³/mol. The zero-order valence-corrected chi connectivity index (χ0v) is 17.0. The van der Waals surface area contributed by atoms with Crippen LogP contribution in [0.4, 0.5) is 5.00 Å². The number of nitrogens with zero attached hydrogens (tertiary/aromatic N) is 2. The molecule has 0 aromatic carbocycles. The van der Waals surface area contributed by atoms with Gasteiger partial charge < -0.3 is 14.3 Å². The Hall–Kier alpha value is -3.40. The summed E-state index contributed by atoms with van der Waals surface area (Å²) in [5.41, 5.74) is -0.409. The summed E-state index contributed by atoms with van der Waals surface area (Å²) >= 11 is 1.37. The second kappa shape index (κ2) is 8.15. The van der Waals surface area contributed by atoms with E-state index in [1.54, 1.807) is 12.1 Å². The molecular formula is C20H19N3O6S. The number of aromatic nitrogens is 2. The van der Waals surface area contributed by atoms with Crippen LogP contribution in [0.15, 0.2) is 37.4 Å².